The van der Waals surface area contributed by atoms with Gasteiger partial charge in [-0.25, -0.2) is 4.18 Å². The molecule has 0 radical (unpaired) electrons. The van der Waals surface area contributed by atoms with Crippen molar-refractivity contribution in [2.75, 3.05) is 26.4 Å². The molecule has 1 rings (SSSR count). The van der Waals surface area contributed by atoms with E-state index in [-0.39, 0.29) is 19.6 Å². The molecule has 0 saturated carbocycles. The number of ether oxygens (including phenoxy) is 4. The van der Waals surface area contributed by atoms with Gasteiger partial charge in [0.15, 0.2) is 6.29 Å². The maximum absolute atomic E-state index is 12.9. The summed E-state index contributed by atoms with van der Waals surface area (Å²) < 4.78 is 59.1. The second kappa shape index (κ2) is 43.6. The van der Waals surface area contributed by atoms with Crippen molar-refractivity contribution in [1.82, 2.24) is 0 Å². The van der Waals surface area contributed by atoms with E-state index < -0.39 is 59.8 Å². The van der Waals surface area contributed by atoms with Gasteiger partial charge in [-0.3, -0.25) is 9.35 Å². The summed E-state index contributed by atoms with van der Waals surface area (Å²) in [5, 5.41) is 30.7. The van der Waals surface area contributed by atoms with Gasteiger partial charge in [-0.15, -0.1) is 0 Å². The normalized spacial score (nSPS) is 20.2. The largest absolute Gasteiger partial charge is 0.457 e. The lowest BCUT2D eigenvalue weighted by molar-refractivity contribution is -0.301. The van der Waals surface area contributed by atoms with Crippen LogP contribution in [0.1, 0.15) is 181 Å². The molecular formula is C53H90O12S. The third-order valence-electron chi connectivity index (χ3n) is 11.0. The number of aliphatic hydroxyl groups is 3. The summed E-state index contributed by atoms with van der Waals surface area (Å²) in [5.74, 6) is -0.424. The Kier molecular flexibility index (Phi) is 40.4. The second-order valence-electron chi connectivity index (χ2n) is 17.0. The van der Waals surface area contributed by atoms with Crippen LogP contribution < -0.4 is 0 Å². The number of unbranched alkanes of at least 4 members (excludes halogenated alkanes) is 16. The van der Waals surface area contributed by atoms with Gasteiger partial charge in [-0.05, 0) is 83.5 Å². The van der Waals surface area contributed by atoms with E-state index in [1.54, 1.807) is 0 Å². The molecule has 6 atom stereocenters. The van der Waals surface area contributed by atoms with Gasteiger partial charge < -0.3 is 34.3 Å². The third-order valence-corrected chi connectivity index (χ3v) is 11.5. The standard InChI is InChI=1S/C53H90O12S/c1-3-5-7-9-11-13-15-17-19-21-23-25-27-29-31-33-35-37-39-41-43-61-45-47(46-62-53-51(57)52(65-66(58,59)60)50(56)48(44-54)64-53)63-49(55)42-40-38-36-34-32-30-28-26-24-22-20-18-16-14-12-10-8-6-4-2/h5,7,11,13,17-20,23,25,29,31,35,37,47-48,50-54,56-57H,3-4,6,8-10,12,14-16,21-22,24,26-28,30,32-34,36,38-46H2,1-2H3,(H,58,59,60)/b7-5-,13-11-,19-17-,20-18-,25-23-,31-29-,37-35-. The molecule has 1 fully saturated rings. The van der Waals surface area contributed by atoms with E-state index >= 15 is 0 Å². The lowest BCUT2D eigenvalue weighted by Crippen LogP contribution is -2.60. The summed E-state index contributed by atoms with van der Waals surface area (Å²) in [6.07, 6.45) is 49.1. The number of allylic oxidation sites excluding steroid dienone is 14. The smallest absolute Gasteiger partial charge is 0.397 e. The van der Waals surface area contributed by atoms with E-state index in [0.717, 1.165) is 70.6 Å². The molecule has 0 aromatic rings. The summed E-state index contributed by atoms with van der Waals surface area (Å²) in [7, 11) is -5.08. The Hall–Kier alpha value is -2.72. The molecule has 0 aromatic carbocycles. The van der Waals surface area contributed by atoms with Crippen molar-refractivity contribution in [2.24, 2.45) is 0 Å². The van der Waals surface area contributed by atoms with Crippen LogP contribution in [0.2, 0.25) is 0 Å². The van der Waals surface area contributed by atoms with Crippen molar-refractivity contribution < 1.29 is 56.2 Å². The van der Waals surface area contributed by atoms with Gasteiger partial charge in [0, 0.05) is 13.0 Å². The van der Waals surface area contributed by atoms with Gasteiger partial charge >= 0.3 is 16.4 Å². The topological polar surface area (TPSA) is 178 Å². The molecule has 0 aliphatic carbocycles. The SMILES string of the molecule is CC/C=C\C/C=C\C/C=C\C/C=C\C/C=C\C/C=C\CCCOCC(COC1OC(CO)C(O)C(OS(=O)(=O)O)C1O)OC(=O)CCCCCCCCCCC/C=C\CCCCCCCC. The van der Waals surface area contributed by atoms with E-state index in [0.29, 0.717) is 13.0 Å². The fourth-order valence-corrected chi connectivity index (χ4v) is 7.72. The van der Waals surface area contributed by atoms with Crippen molar-refractivity contribution in [3.63, 3.8) is 0 Å². The zero-order valence-corrected chi connectivity index (χ0v) is 41.5. The van der Waals surface area contributed by atoms with Gasteiger partial charge in [-0.1, -0.05) is 176 Å². The molecule has 1 saturated heterocycles. The van der Waals surface area contributed by atoms with Gasteiger partial charge in [0.05, 0.1) is 19.8 Å². The van der Waals surface area contributed by atoms with E-state index in [9.17, 15) is 33.1 Å². The monoisotopic (exact) mass is 951 g/mol. The average molecular weight is 951 g/mol. The van der Waals surface area contributed by atoms with Crippen LogP contribution in [0.3, 0.4) is 0 Å². The first-order valence-electron chi connectivity index (χ1n) is 25.3. The first-order valence-corrected chi connectivity index (χ1v) is 26.7. The van der Waals surface area contributed by atoms with Crippen molar-refractivity contribution in [1.29, 1.82) is 0 Å². The van der Waals surface area contributed by atoms with Crippen LogP contribution in [-0.4, -0.2) is 97.5 Å². The highest BCUT2D eigenvalue weighted by molar-refractivity contribution is 7.80. The predicted octanol–water partition coefficient (Wildman–Crippen LogP) is 11.6. The number of esters is 1. The molecule has 0 aromatic heterocycles. The quantitative estimate of drug-likeness (QED) is 0.0197. The predicted molar refractivity (Wildman–Crippen MR) is 266 cm³/mol. The zero-order chi connectivity index (χ0) is 48.2. The summed E-state index contributed by atoms with van der Waals surface area (Å²) in [4.78, 5) is 12.9. The van der Waals surface area contributed by atoms with Crippen LogP contribution in [0.25, 0.3) is 0 Å². The number of carbonyl (C=O) groups is 1. The van der Waals surface area contributed by atoms with Crippen LogP contribution in [-0.2, 0) is 38.3 Å². The van der Waals surface area contributed by atoms with Crippen LogP contribution in [0.5, 0.6) is 0 Å². The first-order chi connectivity index (χ1) is 32.1. The third kappa shape index (κ3) is 36.3. The minimum absolute atomic E-state index is 0.00914. The second-order valence-corrected chi connectivity index (χ2v) is 18.1. The van der Waals surface area contributed by atoms with Crippen LogP contribution in [0, 0.1) is 0 Å². The Labute approximate surface area is 400 Å². The Balaban J connectivity index is 2.43. The molecule has 66 heavy (non-hydrogen) atoms. The van der Waals surface area contributed by atoms with Crippen molar-refractivity contribution in [2.45, 2.75) is 218 Å². The lowest BCUT2D eigenvalue weighted by Gasteiger charge is -2.41. The van der Waals surface area contributed by atoms with Crippen molar-refractivity contribution >= 4 is 16.4 Å². The molecule has 1 aliphatic heterocycles. The molecule has 0 spiro atoms. The molecule has 380 valence electrons. The number of hydrogen-bond acceptors (Lipinski definition) is 11. The fraction of sp³-hybridized carbons (Fsp3) is 0.717. The Bertz CT molecular complexity index is 1470. The lowest BCUT2D eigenvalue weighted by atomic mass is 9.99. The number of rotatable bonds is 43. The number of aliphatic hydroxyl groups excluding tert-OH is 3. The molecular weight excluding hydrogens is 861 g/mol. The Morgan fingerprint density at radius 3 is 1.55 bits per heavy atom. The number of hydrogen-bond donors (Lipinski definition) is 4. The summed E-state index contributed by atoms with van der Waals surface area (Å²) in [6, 6.07) is 0. The van der Waals surface area contributed by atoms with E-state index in [4.69, 9.17) is 18.9 Å². The van der Waals surface area contributed by atoms with E-state index in [1.807, 2.05) is 0 Å². The maximum atomic E-state index is 12.9. The van der Waals surface area contributed by atoms with E-state index in [1.165, 1.54) is 83.5 Å². The molecule has 1 aliphatic rings. The van der Waals surface area contributed by atoms with Crippen LogP contribution in [0.4, 0.5) is 0 Å². The van der Waals surface area contributed by atoms with Crippen LogP contribution in [0.15, 0.2) is 85.1 Å². The molecule has 0 bridgehead atoms. The van der Waals surface area contributed by atoms with Crippen molar-refractivity contribution in [3.8, 4) is 0 Å². The number of carbonyl (C=O) groups excluding carboxylic acids is 1. The molecule has 6 unspecified atom stereocenters. The van der Waals surface area contributed by atoms with E-state index in [2.05, 4.69) is 103 Å². The molecule has 13 heteroatoms. The summed E-state index contributed by atoms with van der Waals surface area (Å²) in [5.41, 5.74) is 0. The van der Waals surface area contributed by atoms with Crippen LogP contribution >= 0.6 is 0 Å². The van der Waals surface area contributed by atoms with Gasteiger partial charge in [0.1, 0.15) is 30.5 Å². The average Bonchev–Trinajstić information content (AvgIpc) is 3.29. The van der Waals surface area contributed by atoms with Crippen molar-refractivity contribution in [3.05, 3.63) is 85.1 Å². The van der Waals surface area contributed by atoms with Gasteiger partial charge in [-0.2, -0.15) is 8.42 Å². The highest BCUT2D eigenvalue weighted by atomic mass is 32.3. The Morgan fingerprint density at radius 2 is 1.05 bits per heavy atom. The highest BCUT2D eigenvalue weighted by Crippen LogP contribution is 2.26. The first kappa shape index (κ1) is 61.3. The molecule has 4 N–H and O–H groups in total. The summed E-state index contributed by atoms with van der Waals surface area (Å²) in [6.45, 7) is 3.72. The van der Waals surface area contributed by atoms with Gasteiger partial charge in [0.25, 0.3) is 0 Å². The molecule has 1 heterocycles. The minimum atomic E-state index is -5.08. The maximum Gasteiger partial charge on any atom is 0.397 e. The molecule has 12 nitrogen and oxygen atoms in total. The highest BCUT2D eigenvalue weighted by Gasteiger charge is 2.48. The Morgan fingerprint density at radius 1 is 0.591 bits per heavy atom. The summed E-state index contributed by atoms with van der Waals surface area (Å²) >= 11 is 0. The fourth-order valence-electron chi connectivity index (χ4n) is 7.21. The van der Waals surface area contributed by atoms with Gasteiger partial charge in [0.2, 0.25) is 0 Å². The molecule has 0 amide bonds. The zero-order valence-electron chi connectivity index (χ0n) is 40.7. The minimum Gasteiger partial charge on any atom is -0.457 e.